The van der Waals surface area contributed by atoms with E-state index in [-0.39, 0.29) is 11.4 Å². The third-order valence-electron chi connectivity index (χ3n) is 2.34. The highest BCUT2D eigenvalue weighted by Crippen LogP contribution is 2.23. The monoisotopic (exact) mass is 324 g/mol. The van der Waals surface area contributed by atoms with E-state index in [0.717, 1.165) is 0 Å². The molecule has 0 atom stereocenters. The van der Waals surface area contributed by atoms with Crippen molar-refractivity contribution < 1.29 is 0 Å². The summed E-state index contributed by atoms with van der Waals surface area (Å²) >= 11 is 3.19. The fraction of sp³-hybridized carbons (Fsp3) is 0. The highest BCUT2D eigenvalue weighted by atomic mass is 79.9. The Balaban J connectivity index is 2.37. The predicted octanol–water partition coefficient (Wildman–Crippen LogP) is 2.60. The number of nitriles is 3. The second kappa shape index (κ2) is 5.79. The van der Waals surface area contributed by atoms with E-state index in [9.17, 15) is 0 Å². The summed E-state index contributed by atoms with van der Waals surface area (Å²) in [5.41, 5.74) is 1.14. The predicted molar refractivity (Wildman–Crippen MR) is 73.6 cm³/mol. The SMILES string of the molecule is N#Cc1ccc(Nc2nc(C#N)c(C#N)nc2Br)cc1. The molecule has 1 N–H and O–H groups in total. The Bertz CT molecular complexity index is 777. The number of hydrogen-bond acceptors (Lipinski definition) is 6. The highest BCUT2D eigenvalue weighted by molar-refractivity contribution is 9.10. The van der Waals surface area contributed by atoms with Gasteiger partial charge in [-0.15, -0.1) is 0 Å². The maximum atomic E-state index is 8.92. The van der Waals surface area contributed by atoms with Gasteiger partial charge in [0.1, 0.15) is 16.7 Å². The first kappa shape index (κ1) is 13.5. The zero-order valence-corrected chi connectivity index (χ0v) is 11.5. The minimum Gasteiger partial charge on any atom is -0.338 e. The molecule has 94 valence electrons. The van der Waals surface area contributed by atoms with Gasteiger partial charge in [0.05, 0.1) is 11.6 Å². The lowest BCUT2D eigenvalue weighted by atomic mass is 10.2. The van der Waals surface area contributed by atoms with Crippen LogP contribution in [0.4, 0.5) is 11.5 Å². The van der Waals surface area contributed by atoms with Gasteiger partial charge in [-0.25, -0.2) is 9.97 Å². The lowest BCUT2D eigenvalue weighted by Gasteiger charge is -2.07. The molecule has 0 amide bonds. The standard InChI is InChI=1S/C13H5BrN6/c14-12-13(20-11(7-17)10(6-16)19-12)18-9-3-1-8(5-15)2-4-9/h1-4H,(H,18,20). The zero-order valence-electron chi connectivity index (χ0n) is 9.92. The third-order valence-corrected chi connectivity index (χ3v) is 2.89. The van der Waals surface area contributed by atoms with E-state index in [0.29, 0.717) is 21.7 Å². The van der Waals surface area contributed by atoms with Crippen LogP contribution in [0.5, 0.6) is 0 Å². The van der Waals surface area contributed by atoms with E-state index >= 15 is 0 Å². The van der Waals surface area contributed by atoms with Crippen LogP contribution in [-0.2, 0) is 0 Å². The normalized spacial score (nSPS) is 9.10. The van der Waals surface area contributed by atoms with Crippen LogP contribution in [-0.4, -0.2) is 9.97 Å². The van der Waals surface area contributed by atoms with Crippen LogP contribution in [0, 0.1) is 34.0 Å². The molecule has 0 fully saturated rings. The van der Waals surface area contributed by atoms with Gasteiger partial charge < -0.3 is 5.32 Å². The Morgan fingerprint density at radius 1 is 0.900 bits per heavy atom. The minimum atomic E-state index is -0.0492. The molecule has 0 bridgehead atoms. The van der Waals surface area contributed by atoms with Gasteiger partial charge >= 0.3 is 0 Å². The van der Waals surface area contributed by atoms with Gasteiger partial charge in [0.25, 0.3) is 0 Å². The number of halogens is 1. The maximum absolute atomic E-state index is 8.92. The maximum Gasteiger partial charge on any atom is 0.179 e. The summed E-state index contributed by atoms with van der Waals surface area (Å²) in [5.74, 6) is 0.324. The number of nitrogens with one attached hydrogen (secondary N) is 1. The number of anilines is 2. The number of aromatic nitrogens is 2. The average Bonchev–Trinajstić information content (AvgIpc) is 2.49. The van der Waals surface area contributed by atoms with Crippen LogP contribution < -0.4 is 5.32 Å². The lowest BCUT2D eigenvalue weighted by molar-refractivity contribution is 1.10. The molecule has 0 unspecified atom stereocenters. The molecule has 2 rings (SSSR count). The minimum absolute atomic E-state index is 0.0373. The van der Waals surface area contributed by atoms with Crippen molar-refractivity contribution in [1.82, 2.24) is 9.97 Å². The van der Waals surface area contributed by atoms with Crippen molar-refractivity contribution in [1.29, 1.82) is 15.8 Å². The van der Waals surface area contributed by atoms with E-state index in [4.69, 9.17) is 15.8 Å². The zero-order chi connectivity index (χ0) is 14.5. The summed E-state index contributed by atoms with van der Waals surface area (Å²) in [6.45, 7) is 0. The molecule has 0 aliphatic heterocycles. The summed E-state index contributed by atoms with van der Waals surface area (Å²) in [5, 5.41) is 29.4. The Morgan fingerprint density at radius 3 is 2.05 bits per heavy atom. The van der Waals surface area contributed by atoms with Crippen LogP contribution in [0.3, 0.4) is 0 Å². The van der Waals surface area contributed by atoms with Crippen LogP contribution >= 0.6 is 15.9 Å². The van der Waals surface area contributed by atoms with Crippen molar-refractivity contribution in [2.24, 2.45) is 0 Å². The van der Waals surface area contributed by atoms with Crippen LogP contribution in [0.2, 0.25) is 0 Å². The fourth-order valence-corrected chi connectivity index (χ4v) is 1.78. The fourth-order valence-electron chi connectivity index (χ4n) is 1.42. The Labute approximate surface area is 123 Å². The first-order valence-corrected chi connectivity index (χ1v) is 6.12. The molecule has 1 aromatic heterocycles. The topological polar surface area (TPSA) is 109 Å². The Morgan fingerprint density at radius 2 is 1.50 bits per heavy atom. The number of rotatable bonds is 2. The van der Waals surface area contributed by atoms with Gasteiger partial charge in [0.2, 0.25) is 0 Å². The lowest BCUT2D eigenvalue weighted by Crippen LogP contribution is -2.02. The summed E-state index contributed by atoms with van der Waals surface area (Å²) in [6, 6.07) is 12.4. The Hall–Kier alpha value is -2.95. The van der Waals surface area contributed by atoms with Crippen LogP contribution in [0.25, 0.3) is 0 Å². The van der Waals surface area contributed by atoms with E-state index in [2.05, 4.69) is 31.2 Å². The van der Waals surface area contributed by atoms with Crippen molar-refractivity contribution in [3.63, 3.8) is 0 Å². The third kappa shape index (κ3) is 2.72. The highest BCUT2D eigenvalue weighted by Gasteiger charge is 2.11. The van der Waals surface area contributed by atoms with E-state index < -0.39 is 0 Å². The molecule has 0 saturated heterocycles. The van der Waals surface area contributed by atoms with Crippen molar-refractivity contribution in [3.8, 4) is 18.2 Å². The largest absolute Gasteiger partial charge is 0.338 e. The molecule has 1 aromatic carbocycles. The second-order valence-electron chi connectivity index (χ2n) is 3.60. The molecule has 0 aliphatic carbocycles. The van der Waals surface area contributed by atoms with Gasteiger partial charge in [0.15, 0.2) is 17.2 Å². The van der Waals surface area contributed by atoms with Gasteiger partial charge in [0, 0.05) is 5.69 Å². The molecular formula is C13H5BrN6. The number of nitrogens with zero attached hydrogens (tertiary/aromatic N) is 5. The Kier molecular flexibility index (Phi) is 3.91. The summed E-state index contributed by atoms with van der Waals surface area (Å²) in [4.78, 5) is 7.98. The number of hydrogen-bond donors (Lipinski definition) is 1. The molecule has 7 heteroatoms. The van der Waals surface area contributed by atoms with Gasteiger partial charge in [-0.05, 0) is 40.2 Å². The smallest absolute Gasteiger partial charge is 0.179 e. The molecular weight excluding hydrogens is 320 g/mol. The van der Waals surface area contributed by atoms with Crippen molar-refractivity contribution >= 4 is 27.4 Å². The molecule has 0 spiro atoms. The van der Waals surface area contributed by atoms with Crippen LogP contribution in [0.1, 0.15) is 17.0 Å². The molecule has 0 saturated carbocycles. The molecule has 20 heavy (non-hydrogen) atoms. The average molecular weight is 325 g/mol. The van der Waals surface area contributed by atoms with Gasteiger partial charge in [-0.1, -0.05) is 0 Å². The number of benzene rings is 1. The summed E-state index contributed by atoms with van der Waals surface area (Å²) in [7, 11) is 0. The van der Waals surface area contributed by atoms with Crippen LogP contribution in [0.15, 0.2) is 28.9 Å². The van der Waals surface area contributed by atoms with E-state index in [1.165, 1.54) is 0 Å². The summed E-state index contributed by atoms with van der Waals surface area (Å²) < 4.78 is 0.331. The van der Waals surface area contributed by atoms with Gasteiger partial charge in [-0.2, -0.15) is 15.8 Å². The molecule has 1 heterocycles. The van der Waals surface area contributed by atoms with Crippen molar-refractivity contribution in [3.05, 3.63) is 45.8 Å². The molecule has 6 nitrogen and oxygen atoms in total. The van der Waals surface area contributed by atoms with Gasteiger partial charge in [-0.3, -0.25) is 0 Å². The first-order valence-electron chi connectivity index (χ1n) is 5.33. The van der Waals surface area contributed by atoms with Crippen molar-refractivity contribution in [2.75, 3.05) is 5.32 Å². The van der Waals surface area contributed by atoms with E-state index in [1.54, 1.807) is 30.3 Å². The molecule has 0 radical (unpaired) electrons. The molecule has 0 aliphatic rings. The first-order chi connectivity index (χ1) is 9.67. The summed E-state index contributed by atoms with van der Waals surface area (Å²) in [6.07, 6.45) is 0. The quantitative estimate of drug-likeness (QED) is 0.909. The van der Waals surface area contributed by atoms with Crippen molar-refractivity contribution in [2.45, 2.75) is 0 Å². The van der Waals surface area contributed by atoms with E-state index in [1.807, 2.05) is 12.1 Å². The molecule has 2 aromatic rings. The second-order valence-corrected chi connectivity index (χ2v) is 4.35.